The van der Waals surface area contributed by atoms with E-state index in [2.05, 4.69) is 6.07 Å². The summed E-state index contributed by atoms with van der Waals surface area (Å²) in [6.45, 7) is 2.32. The fraction of sp³-hybridized carbons (Fsp3) is 0.143. The van der Waals surface area contributed by atoms with Crippen LogP contribution >= 0.6 is 22.9 Å². The zero-order chi connectivity index (χ0) is 19.8. The normalized spacial score (nSPS) is 15.7. The number of hydrogen-bond donors (Lipinski definition) is 1. The predicted octanol–water partition coefficient (Wildman–Crippen LogP) is 4.14. The van der Waals surface area contributed by atoms with Gasteiger partial charge in [0.1, 0.15) is 17.4 Å². The molecule has 3 heterocycles. The molecule has 0 unspecified atom stereocenters. The average Bonchev–Trinajstić information content (AvgIpc) is 3.18. The lowest BCUT2D eigenvalue weighted by molar-refractivity contribution is 0.389. The van der Waals surface area contributed by atoms with E-state index in [0.29, 0.717) is 22.9 Å². The van der Waals surface area contributed by atoms with Crippen molar-refractivity contribution in [1.29, 1.82) is 5.26 Å². The number of benzene rings is 1. The first-order valence-electron chi connectivity index (χ1n) is 8.59. The summed E-state index contributed by atoms with van der Waals surface area (Å²) >= 11 is 7.60. The second-order valence-corrected chi connectivity index (χ2v) is 7.98. The number of nitrogens with two attached hydrogens (primary N) is 1. The van der Waals surface area contributed by atoms with Gasteiger partial charge < -0.3 is 15.0 Å². The number of allylic oxidation sites excluding steroid dienone is 1. The molecule has 2 aromatic heterocycles. The van der Waals surface area contributed by atoms with E-state index in [4.69, 9.17) is 22.1 Å². The Kier molecular flexibility index (Phi) is 4.71. The van der Waals surface area contributed by atoms with E-state index in [1.165, 1.54) is 0 Å². The first-order chi connectivity index (χ1) is 13.5. The monoisotopic (exact) mass is 409 g/mol. The number of rotatable bonds is 3. The molecule has 0 amide bonds. The minimum absolute atomic E-state index is 0.0183. The van der Waals surface area contributed by atoms with Crippen LogP contribution in [0.2, 0.25) is 5.02 Å². The molecule has 0 aliphatic carbocycles. The number of nitrogens with zero attached hydrogens (tertiary/aromatic N) is 2. The lowest BCUT2D eigenvalue weighted by Crippen LogP contribution is -2.32. The minimum atomic E-state index is -0.603. The van der Waals surface area contributed by atoms with Crippen LogP contribution < -0.4 is 16.0 Å². The number of thiophene rings is 1. The van der Waals surface area contributed by atoms with Crippen molar-refractivity contribution in [2.75, 3.05) is 0 Å². The molecular formula is C21H16ClN3O2S. The standard InChI is InChI=1S/C21H16ClN3O2S/c1-12-9-17-19(21(26)25(12)11-15-3-2-8-28-15)18(16(10-23)20(24)27-17)13-4-6-14(22)7-5-13/h2-9,18H,11,24H2,1H3/t18-/m1/s1. The van der Waals surface area contributed by atoms with Crippen molar-refractivity contribution in [2.45, 2.75) is 19.4 Å². The summed E-state index contributed by atoms with van der Waals surface area (Å²) in [5, 5.41) is 12.2. The Balaban J connectivity index is 1.94. The number of hydrogen-bond acceptors (Lipinski definition) is 5. The number of ether oxygens (including phenoxy) is 1. The third kappa shape index (κ3) is 3.09. The zero-order valence-electron chi connectivity index (χ0n) is 15.0. The van der Waals surface area contributed by atoms with Crippen LogP contribution in [0.1, 0.15) is 27.6 Å². The number of nitriles is 1. The Morgan fingerprint density at radius 2 is 2.07 bits per heavy atom. The molecular weight excluding hydrogens is 394 g/mol. The third-order valence-corrected chi connectivity index (χ3v) is 5.90. The van der Waals surface area contributed by atoms with Crippen LogP contribution in [0.25, 0.3) is 0 Å². The number of halogens is 1. The average molecular weight is 410 g/mol. The SMILES string of the molecule is Cc1cc2c(c(=O)n1Cc1cccs1)[C@H](c1ccc(Cl)cc1)C(C#N)=C(N)O2. The molecule has 0 saturated carbocycles. The number of pyridine rings is 1. The fourth-order valence-electron chi connectivity index (χ4n) is 3.43. The molecule has 0 fully saturated rings. The molecule has 0 bridgehead atoms. The Morgan fingerprint density at radius 1 is 1.32 bits per heavy atom. The van der Waals surface area contributed by atoms with Gasteiger partial charge >= 0.3 is 0 Å². The van der Waals surface area contributed by atoms with Crippen LogP contribution in [0.3, 0.4) is 0 Å². The van der Waals surface area contributed by atoms with Gasteiger partial charge in [-0.15, -0.1) is 11.3 Å². The molecule has 2 N–H and O–H groups in total. The summed E-state index contributed by atoms with van der Waals surface area (Å²) < 4.78 is 7.36. The molecule has 1 atom stereocenters. The van der Waals surface area contributed by atoms with Crippen molar-refractivity contribution in [2.24, 2.45) is 5.73 Å². The Labute approximate surface area is 170 Å². The first-order valence-corrected chi connectivity index (χ1v) is 9.85. The van der Waals surface area contributed by atoms with Crippen molar-refractivity contribution >= 4 is 22.9 Å². The molecule has 1 aromatic carbocycles. The van der Waals surface area contributed by atoms with Gasteiger partial charge in [0.05, 0.1) is 18.0 Å². The molecule has 0 radical (unpaired) electrons. The van der Waals surface area contributed by atoms with Crippen molar-refractivity contribution in [3.05, 3.63) is 96.4 Å². The van der Waals surface area contributed by atoms with Crippen molar-refractivity contribution in [3.63, 3.8) is 0 Å². The Hall–Kier alpha value is -3.01. The molecule has 0 spiro atoms. The highest BCUT2D eigenvalue weighted by atomic mass is 35.5. The van der Waals surface area contributed by atoms with Crippen LogP contribution in [0.4, 0.5) is 0 Å². The van der Waals surface area contributed by atoms with Crippen LogP contribution in [0.5, 0.6) is 5.75 Å². The summed E-state index contributed by atoms with van der Waals surface area (Å²) in [4.78, 5) is 14.5. The van der Waals surface area contributed by atoms with E-state index in [1.54, 1.807) is 46.2 Å². The summed E-state index contributed by atoms with van der Waals surface area (Å²) in [6.07, 6.45) is 0. The van der Waals surface area contributed by atoms with Crippen LogP contribution in [0.15, 0.2) is 64.1 Å². The highest BCUT2D eigenvalue weighted by Crippen LogP contribution is 2.40. The topological polar surface area (TPSA) is 81.0 Å². The van der Waals surface area contributed by atoms with Gasteiger partial charge in [0.15, 0.2) is 0 Å². The molecule has 7 heteroatoms. The molecule has 3 aromatic rings. The smallest absolute Gasteiger partial charge is 0.259 e. The van der Waals surface area contributed by atoms with Crippen LogP contribution in [-0.2, 0) is 6.54 Å². The Morgan fingerprint density at radius 3 is 2.71 bits per heavy atom. The molecule has 1 aliphatic heterocycles. The summed E-state index contributed by atoms with van der Waals surface area (Å²) in [6, 6.07) is 14.9. The predicted molar refractivity (Wildman–Crippen MR) is 110 cm³/mol. The maximum Gasteiger partial charge on any atom is 0.259 e. The lowest BCUT2D eigenvalue weighted by Gasteiger charge is -2.27. The first kappa shape index (κ1) is 18.4. The highest BCUT2D eigenvalue weighted by Gasteiger charge is 2.34. The quantitative estimate of drug-likeness (QED) is 0.704. The van der Waals surface area contributed by atoms with E-state index < -0.39 is 5.92 Å². The van der Waals surface area contributed by atoms with Crippen molar-refractivity contribution < 1.29 is 4.74 Å². The number of aromatic nitrogens is 1. The minimum Gasteiger partial charge on any atom is -0.440 e. The highest BCUT2D eigenvalue weighted by molar-refractivity contribution is 7.09. The van der Waals surface area contributed by atoms with Gasteiger partial charge in [-0.05, 0) is 36.1 Å². The number of fused-ring (bicyclic) bond motifs is 1. The fourth-order valence-corrected chi connectivity index (χ4v) is 4.25. The lowest BCUT2D eigenvalue weighted by atomic mass is 9.84. The van der Waals surface area contributed by atoms with Gasteiger partial charge in [-0.25, -0.2) is 0 Å². The van der Waals surface area contributed by atoms with Gasteiger partial charge in [-0.1, -0.05) is 29.8 Å². The summed E-state index contributed by atoms with van der Waals surface area (Å²) in [5.74, 6) is -0.195. The van der Waals surface area contributed by atoms with Crippen molar-refractivity contribution in [3.8, 4) is 11.8 Å². The van der Waals surface area contributed by atoms with Crippen LogP contribution in [0, 0.1) is 18.3 Å². The van der Waals surface area contributed by atoms with Gasteiger partial charge in [-0.3, -0.25) is 4.79 Å². The zero-order valence-corrected chi connectivity index (χ0v) is 16.6. The molecule has 5 nitrogen and oxygen atoms in total. The summed E-state index contributed by atoms with van der Waals surface area (Å²) in [5.41, 5.74) is 7.98. The maximum absolute atomic E-state index is 13.5. The molecule has 4 rings (SSSR count). The van der Waals surface area contributed by atoms with E-state index in [0.717, 1.165) is 16.1 Å². The molecule has 0 saturated heterocycles. The second kappa shape index (κ2) is 7.19. The van der Waals surface area contributed by atoms with E-state index in [-0.39, 0.29) is 17.0 Å². The Bertz CT molecular complexity index is 1170. The third-order valence-electron chi connectivity index (χ3n) is 4.79. The van der Waals surface area contributed by atoms with Crippen LogP contribution in [-0.4, -0.2) is 4.57 Å². The van der Waals surface area contributed by atoms with Gasteiger partial charge in [0.2, 0.25) is 5.88 Å². The van der Waals surface area contributed by atoms with Crippen molar-refractivity contribution in [1.82, 2.24) is 4.57 Å². The number of aryl methyl sites for hydroxylation is 1. The maximum atomic E-state index is 13.5. The largest absolute Gasteiger partial charge is 0.440 e. The van der Waals surface area contributed by atoms with Gasteiger partial charge in [-0.2, -0.15) is 5.26 Å². The van der Waals surface area contributed by atoms with E-state index >= 15 is 0 Å². The van der Waals surface area contributed by atoms with Gasteiger partial charge in [0, 0.05) is 21.7 Å². The molecule has 1 aliphatic rings. The molecule has 140 valence electrons. The second-order valence-electron chi connectivity index (χ2n) is 6.51. The van der Waals surface area contributed by atoms with E-state index in [9.17, 15) is 10.1 Å². The summed E-state index contributed by atoms with van der Waals surface area (Å²) in [7, 11) is 0. The molecule has 28 heavy (non-hydrogen) atoms. The van der Waals surface area contributed by atoms with Gasteiger partial charge in [0.25, 0.3) is 5.56 Å². The van der Waals surface area contributed by atoms with E-state index in [1.807, 2.05) is 24.4 Å².